The van der Waals surface area contributed by atoms with Crippen LogP contribution in [0, 0.1) is 5.92 Å². The number of fused-ring (bicyclic) bond motifs is 1. The molecule has 1 aromatic heterocycles. The molecule has 2 N–H and O–H groups in total. The van der Waals surface area contributed by atoms with Gasteiger partial charge in [-0.05, 0) is 62.0 Å². The third-order valence-electron chi connectivity index (χ3n) is 4.46. The van der Waals surface area contributed by atoms with E-state index in [1.165, 1.54) is 25.9 Å². The van der Waals surface area contributed by atoms with Gasteiger partial charge in [-0.1, -0.05) is 13.0 Å². The van der Waals surface area contributed by atoms with E-state index in [1.807, 2.05) is 18.3 Å². The largest absolute Gasteiger partial charge is 0.508 e. The van der Waals surface area contributed by atoms with Crippen molar-refractivity contribution in [2.45, 2.75) is 19.8 Å². The molecule has 1 saturated heterocycles. The summed E-state index contributed by atoms with van der Waals surface area (Å²) in [4.78, 5) is 6.94. The summed E-state index contributed by atoms with van der Waals surface area (Å²) < 4.78 is 0. The zero-order valence-corrected chi connectivity index (χ0v) is 12.5. The van der Waals surface area contributed by atoms with Gasteiger partial charge in [0, 0.05) is 18.1 Å². The highest BCUT2D eigenvalue weighted by Crippen LogP contribution is 2.26. The summed E-state index contributed by atoms with van der Waals surface area (Å²) in [6.45, 7) is 6.74. The molecule has 2 aromatic rings. The molecule has 1 aliphatic heterocycles. The number of aromatic hydroxyl groups is 1. The Hall–Kier alpha value is -1.81. The highest BCUT2D eigenvalue weighted by atomic mass is 16.3. The molecule has 4 nitrogen and oxygen atoms in total. The predicted molar refractivity (Wildman–Crippen MR) is 86.7 cm³/mol. The number of hydrogen-bond donors (Lipinski definition) is 2. The summed E-state index contributed by atoms with van der Waals surface area (Å²) in [5.74, 6) is 1.87. The molecular formula is C17H23N3O. The minimum Gasteiger partial charge on any atom is -0.508 e. The number of phenolic OH excluding ortho intramolecular Hbond substituents is 1. The van der Waals surface area contributed by atoms with Crippen molar-refractivity contribution in [3.8, 4) is 5.75 Å². The van der Waals surface area contributed by atoms with Gasteiger partial charge in [0.15, 0.2) is 0 Å². The first-order chi connectivity index (χ1) is 10.3. The molecule has 0 radical (unpaired) electrons. The second-order valence-electron chi connectivity index (χ2n) is 5.82. The maximum absolute atomic E-state index is 9.67. The predicted octanol–water partition coefficient (Wildman–Crippen LogP) is 3.08. The molecule has 1 aromatic carbocycles. The average molecular weight is 285 g/mol. The van der Waals surface area contributed by atoms with Gasteiger partial charge in [0.25, 0.3) is 0 Å². The van der Waals surface area contributed by atoms with E-state index in [0.717, 1.165) is 29.7 Å². The molecule has 0 aliphatic carbocycles. The van der Waals surface area contributed by atoms with Crippen LogP contribution in [0.4, 0.5) is 5.82 Å². The van der Waals surface area contributed by atoms with Gasteiger partial charge in [-0.3, -0.25) is 0 Å². The number of pyridine rings is 1. The van der Waals surface area contributed by atoms with Gasteiger partial charge in [-0.15, -0.1) is 0 Å². The monoisotopic (exact) mass is 285 g/mol. The maximum Gasteiger partial charge on any atom is 0.133 e. The topological polar surface area (TPSA) is 48.4 Å². The van der Waals surface area contributed by atoms with E-state index < -0.39 is 0 Å². The Kier molecular flexibility index (Phi) is 4.25. The van der Waals surface area contributed by atoms with E-state index in [-0.39, 0.29) is 5.75 Å². The molecule has 4 heteroatoms. The lowest BCUT2D eigenvalue weighted by Crippen LogP contribution is -2.35. The van der Waals surface area contributed by atoms with Gasteiger partial charge < -0.3 is 15.3 Å². The third kappa shape index (κ3) is 3.27. The summed E-state index contributed by atoms with van der Waals surface area (Å²) in [7, 11) is 0. The Labute approximate surface area is 125 Å². The first-order valence-corrected chi connectivity index (χ1v) is 7.80. The van der Waals surface area contributed by atoms with Crippen LogP contribution in [0.15, 0.2) is 30.5 Å². The van der Waals surface area contributed by atoms with Crippen LogP contribution >= 0.6 is 0 Å². The number of aromatic nitrogens is 1. The Bertz CT molecular complexity index is 606. The molecule has 0 spiro atoms. The van der Waals surface area contributed by atoms with Crippen molar-refractivity contribution in [3.63, 3.8) is 0 Å². The lowest BCUT2D eigenvalue weighted by atomic mass is 9.97. The van der Waals surface area contributed by atoms with Crippen LogP contribution in [0.1, 0.15) is 19.8 Å². The van der Waals surface area contributed by atoms with Crippen molar-refractivity contribution < 1.29 is 5.11 Å². The fraction of sp³-hybridized carbons (Fsp3) is 0.471. The van der Waals surface area contributed by atoms with Crippen LogP contribution < -0.4 is 5.32 Å². The quantitative estimate of drug-likeness (QED) is 0.906. The number of hydrogen-bond acceptors (Lipinski definition) is 4. The van der Waals surface area contributed by atoms with Crippen LogP contribution in [0.5, 0.6) is 5.75 Å². The molecule has 0 amide bonds. The van der Waals surface area contributed by atoms with Gasteiger partial charge in [-0.25, -0.2) is 4.98 Å². The normalized spacial score (nSPS) is 17.2. The number of anilines is 1. The van der Waals surface area contributed by atoms with E-state index in [1.54, 1.807) is 12.1 Å². The molecule has 0 bridgehead atoms. The zero-order chi connectivity index (χ0) is 14.7. The third-order valence-corrected chi connectivity index (χ3v) is 4.46. The Morgan fingerprint density at radius 2 is 2.10 bits per heavy atom. The van der Waals surface area contributed by atoms with Crippen LogP contribution in [0.2, 0.25) is 0 Å². The summed E-state index contributed by atoms with van der Waals surface area (Å²) in [6.07, 6.45) is 4.31. The fourth-order valence-corrected chi connectivity index (χ4v) is 3.04. The summed E-state index contributed by atoms with van der Waals surface area (Å²) in [5, 5.41) is 15.2. The van der Waals surface area contributed by atoms with E-state index in [2.05, 4.69) is 22.1 Å². The van der Waals surface area contributed by atoms with Gasteiger partial charge in [0.05, 0.1) is 0 Å². The number of rotatable bonds is 4. The number of benzene rings is 1. The van der Waals surface area contributed by atoms with Crippen molar-refractivity contribution in [2.75, 3.05) is 31.5 Å². The smallest absolute Gasteiger partial charge is 0.133 e. The summed E-state index contributed by atoms with van der Waals surface area (Å²) in [5.41, 5.74) is 0. The number of phenols is 1. The van der Waals surface area contributed by atoms with Crippen molar-refractivity contribution in [1.29, 1.82) is 0 Å². The van der Waals surface area contributed by atoms with Crippen molar-refractivity contribution in [2.24, 2.45) is 5.92 Å². The summed E-state index contributed by atoms with van der Waals surface area (Å²) >= 11 is 0. The highest BCUT2D eigenvalue weighted by Gasteiger charge is 2.18. The van der Waals surface area contributed by atoms with Crippen LogP contribution in [-0.4, -0.2) is 41.2 Å². The van der Waals surface area contributed by atoms with Crippen molar-refractivity contribution >= 4 is 16.6 Å². The lowest BCUT2D eigenvalue weighted by molar-refractivity contribution is 0.198. The fourth-order valence-electron chi connectivity index (χ4n) is 3.04. The van der Waals surface area contributed by atoms with Crippen molar-refractivity contribution in [3.05, 3.63) is 30.5 Å². The maximum atomic E-state index is 9.67. The molecule has 0 atom stereocenters. The molecule has 1 fully saturated rings. The lowest BCUT2D eigenvalue weighted by Gasteiger charge is -2.31. The average Bonchev–Trinajstić information content (AvgIpc) is 2.53. The first-order valence-electron chi connectivity index (χ1n) is 7.80. The van der Waals surface area contributed by atoms with Crippen molar-refractivity contribution in [1.82, 2.24) is 9.88 Å². The van der Waals surface area contributed by atoms with E-state index in [9.17, 15) is 5.11 Å². The molecule has 0 unspecified atom stereocenters. The van der Waals surface area contributed by atoms with Gasteiger partial charge in [0.1, 0.15) is 11.6 Å². The number of nitrogens with one attached hydrogen (secondary N) is 1. The van der Waals surface area contributed by atoms with Crippen LogP contribution in [-0.2, 0) is 0 Å². The van der Waals surface area contributed by atoms with Gasteiger partial charge in [-0.2, -0.15) is 0 Å². The molecule has 0 saturated carbocycles. The van der Waals surface area contributed by atoms with Gasteiger partial charge >= 0.3 is 0 Å². The van der Waals surface area contributed by atoms with Crippen LogP contribution in [0.25, 0.3) is 10.8 Å². The molecule has 2 heterocycles. The van der Waals surface area contributed by atoms with Crippen LogP contribution in [0.3, 0.4) is 0 Å². The number of piperidine rings is 1. The SMILES string of the molecule is CCN1CCC(CNc2nccc3ccc(O)cc23)CC1. The second-order valence-corrected chi connectivity index (χ2v) is 5.82. The Morgan fingerprint density at radius 1 is 1.29 bits per heavy atom. The highest BCUT2D eigenvalue weighted by molar-refractivity contribution is 5.92. The minimum atomic E-state index is 0.287. The second kappa shape index (κ2) is 6.31. The van der Waals surface area contributed by atoms with E-state index in [4.69, 9.17) is 0 Å². The Morgan fingerprint density at radius 3 is 2.86 bits per heavy atom. The Balaban J connectivity index is 1.67. The summed E-state index contributed by atoms with van der Waals surface area (Å²) in [6, 6.07) is 7.40. The standard InChI is InChI=1S/C17H23N3O/c1-2-20-9-6-13(7-10-20)12-19-17-16-11-15(21)4-3-14(16)5-8-18-17/h3-5,8,11,13,21H,2,6-7,9-10,12H2,1H3,(H,18,19). The van der Waals surface area contributed by atoms with Gasteiger partial charge in [0.2, 0.25) is 0 Å². The number of nitrogens with zero attached hydrogens (tertiary/aromatic N) is 2. The molecule has 1 aliphatic rings. The van der Waals surface area contributed by atoms with E-state index in [0.29, 0.717) is 5.92 Å². The molecular weight excluding hydrogens is 262 g/mol. The molecule has 21 heavy (non-hydrogen) atoms. The zero-order valence-electron chi connectivity index (χ0n) is 12.5. The molecule has 3 rings (SSSR count). The minimum absolute atomic E-state index is 0.287. The number of likely N-dealkylation sites (tertiary alicyclic amines) is 1. The van der Waals surface area contributed by atoms with E-state index >= 15 is 0 Å². The molecule has 112 valence electrons. The first kappa shape index (κ1) is 14.1.